The van der Waals surface area contributed by atoms with Crippen LogP contribution in [0.25, 0.3) is 0 Å². The van der Waals surface area contributed by atoms with Gasteiger partial charge in [0.05, 0.1) is 0 Å². The maximum Gasteiger partial charge on any atom is 0.0325 e. The van der Waals surface area contributed by atoms with Crippen molar-refractivity contribution in [1.29, 1.82) is 0 Å². The molecule has 0 radical (unpaired) electrons. The lowest BCUT2D eigenvalue weighted by atomic mass is 9.93. The van der Waals surface area contributed by atoms with E-state index >= 15 is 0 Å². The Bertz CT molecular complexity index is 310. The minimum absolute atomic E-state index is 0. The first-order valence-electron chi connectivity index (χ1n) is 5.37. The van der Waals surface area contributed by atoms with Crippen LogP contribution in [0.2, 0.25) is 0 Å². The van der Waals surface area contributed by atoms with Gasteiger partial charge in [-0.25, -0.2) is 0 Å². The highest BCUT2D eigenvalue weighted by Gasteiger charge is 2.18. The van der Waals surface area contributed by atoms with Crippen molar-refractivity contribution in [2.45, 2.75) is 27.3 Å². The van der Waals surface area contributed by atoms with Crippen molar-refractivity contribution >= 4 is 23.7 Å². The molecule has 0 aliphatic rings. The molecule has 1 rings (SSSR count). The van der Waals surface area contributed by atoms with Gasteiger partial charge in [0.2, 0.25) is 0 Å². The third-order valence-corrected chi connectivity index (χ3v) is 3.46. The Balaban J connectivity index is 0.00000225. The third-order valence-electron chi connectivity index (χ3n) is 2.47. The summed E-state index contributed by atoms with van der Waals surface area (Å²) >= 11 is 1.88. The van der Waals surface area contributed by atoms with E-state index in [0.717, 1.165) is 19.6 Å². The zero-order valence-corrected chi connectivity index (χ0v) is 12.3. The van der Waals surface area contributed by atoms with Crippen molar-refractivity contribution in [3.05, 3.63) is 21.9 Å². The van der Waals surface area contributed by atoms with Crippen LogP contribution in [0.1, 0.15) is 23.6 Å². The minimum atomic E-state index is 0. The molecule has 0 amide bonds. The molecule has 0 spiro atoms. The van der Waals surface area contributed by atoms with E-state index < -0.39 is 0 Å². The van der Waals surface area contributed by atoms with Crippen molar-refractivity contribution in [3.8, 4) is 0 Å². The highest BCUT2D eigenvalue weighted by atomic mass is 35.5. The molecule has 1 heterocycles. The van der Waals surface area contributed by atoms with Crippen molar-refractivity contribution < 1.29 is 0 Å². The van der Waals surface area contributed by atoms with E-state index in [2.05, 4.69) is 44.9 Å². The summed E-state index contributed by atoms with van der Waals surface area (Å²) in [5.74, 6) is 0. The summed E-state index contributed by atoms with van der Waals surface area (Å²) in [6, 6.07) is 4.40. The van der Waals surface area contributed by atoms with Crippen LogP contribution in [0, 0.1) is 12.3 Å². The maximum atomic E-state index is 5.73. The predicted octanol–water partition coefficient (Wildman–Crippen LogP) is 2.90. The Labute approximate surface area is 109 Å². The lowest BCUT2D eigenvalue weighted by molar-refractivity contribution is 0.211. The van der Waals surface area contributed by atoms with E-state index in [-0.39, 0.29) is 17.8 Å². The number of nitrogens with two attached hydrogens (primary N) is 1. The van der Waals surface area contributed by atoms with Gasteiger partial charge >= 0.3 is 0 Å². The van der Waals surface area contributed by atoms with Gasteiger partial charge in [0.25, 0.3) is 0 Å². The molecular formula is C12H23ClN2S. The topological polar surface area (TPSA) is 29.3 Å². The fourth-order valence-electron chi connectivity index (χ4n) is 1.69. The average Bonchev–Trinajstić information content (AvgIpc) is 2.50. The van der Waals surface area contributed by atoms with Crippen LogP contribution in [0.15, 0.2) is 12.1 Å². The summed E-state index contributed by atoms with van der Waals surface area (Å²) < 4.78 is 0. The standard InChI is InChI=1S/C12H22N2S.ClH/c1-10-5-6-11(15-10)7-14(4)9-12(2,3)8-13;/h5-6H,7-9,13H2,1-4H3;1H. The summed E-state index contributed by atoms with van der Waals surface area (Å²) in [5.41, 5.74) is 5.94. The van der Waals surface area contributed by atoms with Gasteiger partial charge in [-0.3, -0.25) is 0 Å². The van der Waals surface area contributed by atoms with Crippen LogP contribution in [0.5, 0.6) is 0 Å². The summed E-state index contributed by atoms with van der Waals surface area (Å²) in [5, 5.41) is 0. The Morgan fingerprint density at radius 3 is 2.44 bits per heavy atom. The Kier molecular flexibility index (Phi) is 6.56. The van der Waals surface area contributed by atoms with Crippen molar-refractivity contribution in [3.63, 3.8) is 0 Å². The first-order valence-corrected chi connectivity index (χ1v) is 6.18. The normalized spacial score (nSPS) is 11.6. The minimum Gasteiger partial charge on any atom is -0.330 e. The SMILES string of the molecule is Cc1ccc(CN(C)CC(C)(C)CN)s1.Cl. The Morgan fingerprint density at radius 2 is 2.00 bits per heavy atom. The number of halogens is 1. The second kappa shape index (κ2) is 6.60. The molecule has 0 unspecified atom stereocenters. The van der Waals surface area contributed by atoms with Gasteiger partial charge in [-0.05, 0) is 38.1 Å². The Morgan fingerprint density at radius 1 is 1.38 bits per heavy atom. The quantitative estimate of drug-likeness (QED) is 0.884. The highest BCUT2D eigenvalue weighted by molar-refractivity contribution is 7.11. The molecule has 0 fully saturated rings. The van der Waals surface area contributed by atoms with Gasteiger partial charge in [-0.2, -0.15) is 0 Å². The summed E-state index contributed by atoms with van der Waals surface area (Å²) in [7, 11) is 2.16. The van der Waals surface area contributed by atoms with Gasteiger partial charge in [0.15, 0.2) is 0 Å². The first kappa shape index (κ1) is 15.9. The van der Waals surface area contributed by atoms with Gasteiger partial charge in [0, 0.05) is 22.8 Å². The van der Waals surface area contributed by atoms with Crippen LogP contribution >= 0.6 is 23.7 Å². The molecule has 0 aliphatic carbocycles. The number of hydrogen-bond acceptors (Lipinski definition) is 3. The first-order chi connectivity index (χ1) is 6.93. The van der Waals surface area contributed by atoms with E-state index in [9.17, 15) is 0 Å². The maximum absolute atomic E-state index is 5.73. The van der Waals surface area contributed by atoms with E-state index in [1.165, 1.54) is 9.75 Å². The molecule has 0 atom stereocenters. The monoisotopic (exact) mass is 262 g/mol. The van der Waals surface area contributed by atoms with Crippen LogP contribution in [-0.2, 0) is 6.54 Å². The van der Waals surface area contributed by atoms with Gasteiger partial charge in [-0.15, -0.1) is 23.7 Å². The number of thiophene rings is 1. The van der Waals surface area contributed by atoms with Gasteiger partial charge in [-0.1, -0.05) is 13.8 Å². The molecule has 0 aliphatic heterocycles. The fraction of sp³-hybridized carbons (Fsp3) is 0.667. The molecule has 0 aromatic carbocycles. The Hall–Kier alpha value is -0.0900. The molecule has 2 N–H and O–H groups in total. The van der Waals surface area contributed by atoms with Crippen molar-refractivity contribution in [1.82, 2.24) is 4.90 Å². The average molecular weight is 263 g/mol. The second-order valence-corrected chi connectivity index (χ2v) is 6.43. The van der Waals surface area contributed by atoms with E-state index in [1.807, 2.05) is 11.3 Å². The fourth-order valence-corrected chi connectivity index (χ4v) is 2.66. The van der Waals surface area contributed by atoms with Gasteiger partial charge in [0.1, 0.15) is 0 Å². The van der Waals surface area contributed by atoms with Crippen LogP contribution in [0.4, 0.5) is 0 Å². The van der Waals surface area contributed by atoms with Crippen molar-refractivity contribution in [2.24, 2.45) is 11.1 Å². The smallest absolute Gasteiger partial charge is 0.0325 e. The van der Waals surface area contributed by atoms with E-state index in [0.29, 0.717) is 0 Å². The molecule has 0 saturated carbocycles. The second-order valence-electron chi connectivity index (χ2n) is 5.05. The zero-order chi connectivity index (χ0) is 11.5. The summed E-state index contributed by atoms with van der Waals surface area (Å²) in [6.45, 7) is 9.38. The molecule has 94 valence electrons. The molecule has 4 heteroatoms. The largest absolute Gasteiger partial charge is 0.330 e. The zero-order valence-electron chi connectivity index (χ0n) is 10.6. The summed E-state index contributed by atoms with van der Waals surface area (Å²) in [6.07, 6.45) is 0. The van der Waals surface area contributed by atoms with Crippen LogP contribution < -0.4 is 5.73 Å². The summed E-state index contributed by atoms with van der Waals surface area (Å²) in [4.78, 5) is 5.16. The predicted molar refractivity (Wildman–Crippen MR) is 75.5 cm³/mol. The van der Waals surface area contributed by atoms with E-state index in [1.54, 1.807) is 0 Å². The highest BCUT2D eigenvalue weighted by Crippen LogP contribution is 2.19. The molecule has 1 aromatic rings. The molecule has 1 aromatic heterocycles. The van der Waals surface area contributed by atoms with E-state index in [4.69, 9.17) is 5.73 Å². The van der Waals surface area contributed by atoms with Crippen LogP contribution in [-0.4, -0.2) is 25.0 Å². The van der Waals surface area contributed by atoms with Crippen molar-refractivity contribution in [2.75, 3.05) is 20.1 Å². The number of hydrogen-bond donors (Lipinski definition) is 1. The van der Waals surface area contributed by atoms with Gasteiger partial charge < -0.3 is 10.6 Å². The number of rotatable bonds is 5. The molecule has 2 nitrogen and oxygen atoms in total. The lowest BCUT2D eigenvalue weighted by Crippen LogP contribution is -2.36. The third kappa shape index (κ3) is 5.30. The molecule has 0 bridgehead atoms. The number of aryl methyl sites for hydroxylation is 1. The number of nitrogens with zero attached hydrogens (tertiary/aromatic N) is 1. The molecule has 0 saturated heterocycles. The lowest BCUT2D eigenvalue weighted by Gasteiger charge is -2.28. The van der Waals surface area contributed by atoms with Crippen LogP contribution in [0.3, 0.4) is 0 Å². The molecule has 16 heavy (non-hydrogen) atoms. The molecular weight excluding hydrogens is 240 g/mol.